The highest BCUT2D eigenvalue weighted by Gasteiger charge is 2.30. The maximum Gasteiger partial charge on any atom is 0.405 e. The molecule has 1 aromatic carbocycles. The number of rotatable bonds is 4. The van der Waals surface area contributed by atoms with Gasteiger partial charge < -0.3 is 10.1 Å². The number of hydrogen-bond donors (Lipinski definition) is 1. The summed E-state index contributed by atoms with van der Waals surface area (Å²) >= 11 is 0. The molecule has 0 unspecified atom stereocenters. The average molecular weight is 335 g/mol. The second-order valence-electron chi connectivity index (χ2n) is 6.42. The van der Waals surface area contributed by atoms with E-state index in [1.54, 1.807) is 24.4 Å². The number of alkyl halides is 3. The highest BCUT2D eigenvalue weighted by molar-refractivity contribution is 5.80. The molecule has 0 aliphatic heterocycles. The van der Waals surface area contributed by atoms with Crippen molar-refractivity contribution in [2.24, 2.45) is 0 Å². The van der Waals surface area contributed by atoms with E-state index in [9.17, 15) is 22.4 Å². The van der Waals surface area contributed by atoms with Crippen LogP contribution in [-0.4, -0.2) is 24.7 Å². The Bertz CT molecular complexity index is 577. The van der Waals surface area contributed by atoms with Gasteiger partial charge in [-0.05, 0) is 24.8 Å². The van der Waals surface area contributed by atoms with Crippen molar-refractivity contribution in [2.75, 3.05) is 6.54 Å². The van der Waals surface area contributed by atoms with Crippen LogP contribution < -0.4 is 10.1 Å². The highest BCUT2D eigenvalue weighted by Crippen LogP contribution is 2.35. The number of hydrogen-bond acceptors (Lipinski definition) is 2. The molecule has 0 saturated carbocycles. The van der Waals surface area contributed by atoms with Crippen LogP contribution in [0.1, 0.15) is 38.8 Å². The molecule has 1 rings (SSSR count). The molecule has 0 radical (unpaired) electrons. The average Bonchev–Trinajstić information content (AvgIpc) is 2.38. The van der Waals surface area contributed by atoms with Crippen LogP contribution in [0.25, 0.3) is 0 Å². The number of nitrogens with one attached hydrogen (secondary N) is 1. The number of carbonyl (C=O) groups is 1. The molecule has 0 aliphatic carbocycles. The molecule has 0 spiro atoms. The Kier molecular flexibility index (Phi) is 5.66. The lowest BCUT2D eigenvalue weighted by atomic mass is 9.85. The number of aryl methyl sites for hydroxylation is 1. The van der Waals surface area contributed by atoms with Gasteiger partial charge in [0.2, 0.25) is 0 Å². The lowest BCUT2D eigenvalue weighted by Gasteiger charge is -2.25. The third-order valence-electron chi connectivity index (χ3n) is 3.23. The fourth-order valence-corrected chi connectivity index (χ4v) is 1.92. The van der Waals surface area contributed by atoms with Crippen molar-refractivity contribution in [1.82, 2.24) is 5.32 Å². The number of benzene rings is 1. The van der Waals surface area contributed by atoms with E-state index in [2.05, 4.69) is 0 Å². The first-order valence-electron chi connectivity index (χ1n) is 7.13. The Balaban J connectivity index is 2.99. The van der Waals surface area contributed by atoms with Crippen LogP contribution in [-0.2, 0) is 10.2 Å². The van der Waals surface area contributed by atoms with Gasteiger partial charge in [0.15, 0.2) is 17.7 Å². The van der Waals surface area contributed by atoms with Gasteiger partial charge in [0.25, 0.3) is 5.91 Å². The summed E-state index contributed by atoms with van der Waals surface area (Å²) in [6.45, 7) is 6.90. The first kappa shape index (κ1) is 19.3. The van der Waals surface area contributed by atoms with E-state index >= 15 is 0 Å². The van der Waals surface area contributed by atoms with E-state index in [-0.39, 0.29) is 5.75 Å². The Labute approximate surface area is 133 Å². The second kappa shape index (κ2) is 6.76. The SMILES string of the molecule is Cc1ccc(C(C)(C)C)c(O[C@H](C)C(=O)NCC(F)(F)F)c1F. The Hall–Kier alpha value is -1.79. The summed E-state index contributed by atoms with van der Waals surface area (Å²) < 4.78 is 56.1. The minimum Gasteiger partial charge on any atom is -0.478 e. The van der Waals surface area contributed by atoms with Crippen LogP contribution in [0, 0.1) is 12.7 Å². The van der Waals surface area contributed by atoms with Crippen LogP contribution in [0.3, 0.4) is 0 Å². The molecule has 7 heteroatoms. The van der Waals surface area contributed by atoms with Crippen LogP contribution in [0.15, 0.2) is 12.1 Å². The zero-order valence-electron chi connectivity index (χ0n) is 13.8. The normalized spacial score (nSPS) is 13.6. The van der Waals surface area contributed by atoms with Gasteiger partial charge in [-0.25, -0.2) is 4.39 Å². The maximum atomic E-state index is 14.4. The summed E-state index contributed by atoms with van der Waals surface area (Å²) in [5.41, 5.74) is 0.415. The van der Waals surface area contributed by atoms with E-state index < -0.39 is 36.0 Å². The standard InChI is InChI=1S/C16H21F4NO2/c1-9-6-7-11(15(3,4)5)13(12(9)17)23-10(2)14(22)21-8-16(18,19)20/h6-7,10H,8H2,1-5H3,(H,21,22)/t10-/m1/s1. The summed E-state index contributed by atoms with van der Waals surface area (Å²) in [4.78, 5) is 11.7. The molecule has 0 saturated heterocycles. The van der Waals surface area contributed by atoms with Crippen LogP contribution in [0.4, 0.5) is 17.6 Å². The largest absolute Gasteiger partial charge is 0.478 e. The topological polar surface area (TPSA) is 38.3 Å². The lowest BCUT2D eigenvalue weighted by Crippen LogP contribution is -2.41. The van der Waals surface area contributed by atoms with E-state index in [1.807, 2.05) is 20.8 Å². The van der Waals surface area contributed by atoms with Crippen molar-refractivity contribution in [3.63, 3.8) is 0 Å². The number of amides is 1. The summed E-state index contributed by atoms with van der Waals surface area (Å²) in [7, 11) is 0. The molecule has 0 fully saturated rings. The highest BCUT2D eigenvalue weighted by atomic mass is 19.4. The van der Waals surface area contributed by atoms with Gasteiger partial charge in [-0.3, -0.25) is 4.79 Å². The summed E-state index contributed by atoms with van der Waals surface area (Å²) in [6, 6.07) is 3.28. The molecule has 1 aromatic rings. The minimum atomic E-state index is -4.51. The molecule has 3 nitrogen and oxygen atoms in total. The van der Waals surface area contributed by atoms with Gasteiger partial charge in [0, 0.05) is 5.56 Å². The predicted molar refractivity (Wildman–Crippen MR) is 79.0 cm³/mol. The van der Waals surface area contributed by atoms with Crippen molar-refractivity contribution in [1.29, 1.82) is 0 Å². The fraction of sp³-hybridized carbons (Fsp3) is 0.562. The van der Waals surface area contributed by atoms with E-state index in [1.165, 1.54) is 6.92 Å². The first-order chi connectivity index (χ1) is 10.3. The number of ether oxygens (including phenoxy) is 1. The summed E-state index contributed by atoms with van der Waals surface area (Å²) in [6.07, 6.45) is -5.77. The van der Waals surface area contributed by atoms with E-state index in [4.69, 9.17) is 4.74 Å². The predicted octanol–water partition coefficient (Wildman–Crippen LogP) is 3.88. The van der Waals surface area contributed by atoms with E-state index in [0.717, 1.165) is 0 Å². The molecule has 130 valence electrons. The molecule has 0 aliphatic rings. The fourth-order valence-electron chi connectivity index (χ4n) is 1.92. The van der Waals surface area contributed by atoms with Crippen LogP contribution in [0.5, 0.6) is 5.75 Å². The molecule has 1 atom stereocenters. The quantitative estimate of drug-likeness (QED) is 0.848. The third-order valence-corrected chi connectivity index (χ3v) is 3.23. The monoisotopic (exact) mass is 335 g/mol. The molecule has 23 heavy (non-hydrogen) atoms. The summed E-state index contributed by atoms with van der Waals surface area (Å²) in [5, 5.41) is 1.72. The van der Waals surface area contributed by atoms with Crippen molar-refractivity contribution in [3.8, 4) is 5.75 Å². The molecular weight excluding hydrogens is 314 g/mol. The Morgan fingerprint density at radius 2 is 1.83 bits per heavy atom. The second-order valence-corrected chi connectivity index (χ2v) is 6.42. The summed E-state index contributed by atoms with van der Waals surface area (Å²) in [5.74, 6) is -1.68. The molecule has 0 bridgehead atoms. The van der Waals surface area contributed by atoms with Crippen LogP contribution >= 0.6 is 0 Å². The molecule has 0 heterocycles. The van der Waals surface area contributed by atoms with Crippen molar-refractivity contribution in [2.45, 2.75) is 52.3 Å². The van der Waals surface area contributed by atoms with Crippen LogP contribution in [0.2, 0.25) is 0 Å². The molecule has 1 amide bonds. The van der Waals surface area contributed by atoms with Gasteiger partial charge in [0.1, 0.15) is 6.54 Å². The Morgan fingerprint density at radius 3 is 2.30 bits per heavy atom. The zero-order chi connectivity index (χ0) is 18.0. The molecule has 0 aromatic heterocycles. The van der Waals surface area contributed by atoms with E-state index in [0.29, 0.717) is 11.1 Å². The van der Waals surface area contributed by atoms with Gasteiger partial charge in [0.05, 0.1) is 0 Å². The van der Waals surface area contributed by atoms with Gasteiger partial charge in [-0.15, -0.1) is 0 Å². The smallest absolute Gasteiger partial charge is 0.405 e. The molecular formula is C16H21F4NO2. The van der Waals surface area contributed by atoms with Gasteiger partial charge in [-0.2, -0.15) is 13.2 Å². The minimum absolute atomic E-state index is 0.104. The van der Waals surface area contributed by atoms with Crippen molar-refractivity contribution < 1.29 is 27.1 Å². The Morgan fingerprint density at radius 1 is 1.26 bits per heavy atom. The van der Waals surface area contributed by atoms with Crippen molar-refractivity contribution in [3.05, 3.63) is 29.1 Å². The zero-order valence-corrected chi connectivity index (χ0v) is 13.8. The van der Waals surface area contributed by atoms with Gasteiger partial charge >= 0.3 is 6.18 Å². The lowest BCUT2D eigenvalue weighted by molar-refractivity contribution is -0.142. The molecule has 1 N–H and O–H groups in total. The third kappa shape index (κ3) is 5.41. The maximum absolute atomic E-state index is 14.4. The van der Waals surface area contributed by atoms with Gasteiger partial charge in [-0.1, -0.05) is 32.9 Å². The number of carbonyl (C=O) groups excluding carboxylic acids is 1. The van der Waals surface area contributed by atoms with Crippen molar-refractivity contribution >= 4 is 5.91 Å². The number of halogens is 4. The first-order valence-corrected chi connectivity index (χ1v) is 7.13.